The molecule has 0 atom stereocenters. The molecule has 0 spiro atoms. The van der Waals surface area contributed by atoms with Crippen LogP contribution in [-0.4, -0.2) is 27.3 Å². The van der Waals surface area contributed by atoms with Gasteiger partial charge in [0.2, 0.25) is 0 Å². The summed E-state index contributed by atoms with van der Waals surface area (Å²) < 4.78 is 22.4. The number of thioether (sulfide) groups is 1. The van der Waals surface area contributed by atoms with E-state index in [1.807, 2.05) is 6.07 Å². The van der Waals surface area contributed by atoms with Crippen LogP contribution in [0.2, 0.25) is 0 Å². The van der Waals surface area contributed by atoms with Gasteiger partial charge < -0.3 is 4.90 Å². The van der Waals surface area contributed by atoms with E-state index in [9.17, 15) is 8.42 Å². The molecule has 2 rings (SSSR count). The molecule has 0 saturated carbocycles. The Morgan fingerprint density at radius 2 is 2.25 bits per heavy atom. The molecule has 1 aromatic rings. The predicted octanol–water partition coefficient (Wildman–Crippen LogP) is 2.55. The molecule has 0 fully saturated rings. The van der Waals surface area contributed by atoms with Gasteiger partial charge in [-0.05, 0) is 25.1 Å². The van der Waals surface area contributed by atoms with E-state index in [-0.39, 0.29) is 4.90 Å². The van der Waals surface area contributed by atoms with Crippen LogP contribution in [0.4, 0.5) is 5.69 Å². The van der Waals surface area contributed by atoms with E-state index in [4.69, 9.17) is 10.7 Å². The third-order valence-electron chi connectivity index (χ3n) is 2.55. The number of rotatable bonds is 2. The summed E-state index contributed by atoms with van der Waals surface area (Å²) >= 11 is 1.67. The average Bonchev–Trinajstić information content (AvgIpc) is 2.26. The number of anilines is 1. The number of fused-ring (bicyclic) bond motifs is 1. The van der Waals surface area contributed by atoms with E-state index in [2.05, 4.69) is 11.8 Å². The van der Waals surface area contributed by atoms with Gasteiger partial charge in [-0.3, -0.25) is 0 Å². The maximum absolute atomic E-state index is 11.2. The first-order valence-corrected chi connectivity index (χ1v) is 8.28. The van der Waals surface area contributed by atoms with Crippen LogP contribution in [-0.2, 0) is 9.05 Å². The summed E-state index contributed by atoms with van der Waals surface area (Å²) in [5.74, 6) is 0.979. The van der Waals surface area contributed by atoms with Crippen LogP contribution in [0.1, 0.15) is 6.92 Å². The van der Waals surface area contributed by atoms with Gasteiger partial charge >= 0.3 is 0 Å². The Bertz CT molecular complexity index is 502. The summed E-state index contributed by atoms with van der Waals surface area (Å²) in [6.07, 6.45) is 0. The molecule has 0 bridgehead atoms. The topological polar surface area (TPSA) is 37.4 Å². The van der Waals surface area contributed by atoms with Crippen LogP contribution in [0.3, 0.4) is 0 Å². The summed E-state index contributed by atoms with van der Waals surface area (Å²) in [6.45, 7) is 4.02. The number of nitrogens with zero attached hydrogens (tertiary/aromatic N) is 1. The van der Waals surface area contributed by atoms with Gasteiger partial charge in [0, 0.05) is 34.4 Å². The molecule has 1 heterocycles. The fourth-order valence-corrected chi connectivity index (χ4v) is 3.68. The highest BCUT2D eigenvalue weighted by Crippen LogP contribution is 2.36. The average molecular weight is 278 g/mol. The molecule has 88 valence electrons. The SMILES string of the molecule is CCN1CCSc2cc(S(=O)(=O)Cl)ccc21. The third kappa shape index (κ3) is 2.31. The maximum Gasteiger partial charge on any atom is 0.261 e. The molecule has 0 amide bonds. The number of benzene rings is 1. The first-order chi connectivity index (χ1) is 7.52. The van der Waals surface area contributed by atoms with Crippen molar-refractivity contribution in [2.24, 2.45) is 0 Å². The largest absolute Gasteiger partial charge is 0.370 e. The lowest BCUT2D eigenvalue weighted by Gasteiger charge is -2.29. The van der Waals surface area contributed by atoms with Crippen molar-refractivity contribution in [2.75, 3.05) is 23.7 Å². The van der Waals surface area contributed by atoms with Gasteiger partial charge in [0.25, 0.3) is 9.05 Å². The molecule has 0 aliphatic carbocycles. The Hall–Kier alpha value is -0.390. The van der Waals surface area contributed by atoms with Gasteiger partial charge in [0.15, 0.2) is 0 Å². The highest BCUT2D eigenvalue weighted by molar-refractivity contribution is 8.13. The molecular formula is C10H12ClNO2S2. The van der Waals surface area contributed by atoms with Crippen molar-refractivity contribution in [3.05, 3.63) is 18.2 Å². The molecule has 0 aromatic heterocycles. The number of hydrogen-bond acceptors (Lipinski definition) is 4. The van der Waals surface area contributed by atoms with Crippen LogP contribution in [0.5, 0.6) is 0 Å². The van der Waals surface area contributed by atoms with E-state index in [1.165, 1.54) is 0 Å². The van der Waals surface area contributed by atoms with Crippen LogP contribution in [0, 0.1) is 0 Å². The Morgan fingerprint density at radius 3 is 2.88 bits per heavy atom. The minimum absolute atomic E-state index is 0.179. The van der Waals surface area contributed by atoms with Crippen LogP contribution < -0.4 is 4.90 Å². The monoisotopic (exact) mass is 277 g/mol. The molecule has 0 saturated heterocycles. The lowest BCUT2D eigenvalue weighted by atomic mass is 10.3. The molecule has 1 aromatic carbocycles. The van der Waals surface area contributed by atoms with Gasteiger partial charge in [-0.1, -0.05) is 0 Å². The molecule has 1 aliphatic rings. The van der Waals surface area contributed by atoms with E-state index in [0.717, 1.165) is 29.4 Å². The summed E-state index contributed by atoms with van der Waals surface area (Å²) in [5, 5.41) is 0. The Labute approximate surface area is 104 Å². The highest BCUT2D eigenvalue weighted by atomic mass is 35.7. The maximum atomic E-state index is 11.2. The lowest BCUT2D eigenvalue weighted by molar-refractivity contribution is 0.609. The van der Waals surface area contributed by atoms with E-state index < -0.39 is 9.05 Å². The first kappa shape index (κ1) is 12.1. The van der Waals surface area contributed by atoms with Gasteiger partial charge in [-0.2, -0.15) is 0 Å². The molecule has 16 heavy (non-hydrogen) atoms. The minimum atomic E-state index is -3.62. The van der Waals surface area contributed by atoms with Gasteiger partial charge in [0.1, 0.15) is 0 Å². The van der Waals surface area contributed by atoms with Gasteiger partial charge in [0.05, 0.1) is 10.6 Å². The minimum Gasteiger partial charge on any atom is -0.370 e. The van der Waals surface area contributed by atoms with Crippen LogP contribution in [0.15, 0.2) is 28.0 Å². The van der Waals surface area contributed by atoms with E-state index in [1.54, 1.807) is 23.9 Å². The van der Waals surface area contributed by atoms with Gasteiger partial charge in [-0.25, -0.2) is 8.42 Å². The van der Waals surface area contributed by atoms with Crippen molar-refractivity contribution in [1.82, 2.24) is 0 Å². The zero-order valence-corrected chi connectivity index (χ0v) is 11.2. The molecule has 0 N–H and O–H groups in total. The van der Waals surface area contributed by atoms with Crippen molar-refractivity contribution < 1.29 is 8.42 Å². The second-order valence-corrected chi connectivity index (χ2v) is 7.20. The van der Waals surface area contributed by atoms with Crippen LogP contribution >= 0.6 is 22.4 Å². The van der Waals surface area contributed by atoms with E-state index >= 15 is 0 Å². The molecule has 0 radical (unpaired) electrons. The highest BCUT2D eigenvalue weighted by Gasteiger charge is 2.19. The molecule has 3 nitrogen and oxygen atoms in total. The summed E-state index contributed by atoms with van der Waals surface area (Å²) in [4.78, 5) is 3.41. The molecule has 0 unspecified atom stereocenters. The Morgan fingerprint density at radius 1 is 1.50 bits per heavy atom. The number of halogens is 1. The summed E-state index contributed by atoms with van der Waals surface area (Å²) in [6, 6.07) is 5.06. The quantitative estimate of drug-likeness (QED) is 0.779. The van der Waals surface area contributed by atoms with Gasteiger partial charge in [-0.15, -0.1) is 11.8 Å². The number of hydrogen-bond donors (Lipinski definition) is 0. The fourth-order valence-electron chi connectivity index (χ4n) is 1.74. The molecule has 1 aliphatic heterocycles. The Balaban J connectivity index is 2.47. The van der Waals surface area contributed by atoms with Crippen molar-refractivity contribution in [3.63, 3.8) is 0 Å². The summed E-state index contributed by atoms with van der Waals surface area (Å²) in [7, 11) is 1.70. The second-order valence-electron chi connectivity index (χ2n) is 3.50. The zero-order chi connectivity index (χ0) is 11.8. The normalized spacial score (nSPS) is 16.0. The molecular weight excluding hydrogens is 266 g/mol. The van der Waals surface area contributed by atoms with Crippen molar-refractivity contribution in [2.45, 2.75) is 16.7 Å². The van der Waals surface area contributed by atoms with Crippen molar-refractivity contribution in [1.29, 1.82) is 0 Å². The molecule has 6 heteroatoms. The van der Waals surface area contributed by atoms with Crippen LogP contribution in [0.25, 0.3) is 0 Å². The second kappa shape index (κ2) is 4.47. The fraction of sp³-hybridized carbons (Fsp3) is 0.400. The first-order valence-electron chi connectivity index (χ1n) is 4.99. The zero-order valence-electron chi connectivity index (χ0n) is 8.81. The van der Waals surface area contributed by atoms with Crippen molar-refractivity contribution in [3.8, 4) is 0 Å². The summed E-state index contributed by atoms with van der Waals surface area (Å²) in [5.41, 5.74) is 1.10. The Kier molecular flexibility index (Phi) is 3.37. The standard InChI is InChI=1S/C10H12ClNO2S2/c1-2-12-5-6-15-10-7-8(16(11,13)14)3-4-9(10)12/h3-4,7H,2,5-6H2,1H3. The third-order valence-corrected chi connectivity index (χ3v) is 4.93. The predicted molar refractivity (Wildman–Crippen MR) is 68.1 cm³/mol. The smallest absolute Gasteiger partial charge is 0.261 e. The lowest BCUT2D eigenvalue weighted by Crippen LogP contribution is -2.28. The van der Waals surface area contributed by atoms with Crippen molar-refractivity contribution >= 4 is 37.2 Å². The van der Waals surface area contributed by atoms with E-state index in [0.29, 0.717) is 0 Å².